The van der Waals surface area contributed by atoms with Crippen LogP contribution in [0.1, 0.15) is 80.6 Å². The zero-order valence-electron chi connectivity index (χ0n) is 26.8. The van der Waals surface area contributed by atoms with Crippen molar-refractivity contribution in [2.45, 2.75) is 123 Å². The Morgan fingerprint density at radius 1 is 1.18 bits per heavy atom. The van der Waals surface area contributed by atoms with E-state index < -0.39 is 66.2 Å². The molecule has 2 aliphatic heterocycles. The van der Waals surface area contributed by atoms with Gasteiger partial charge in [0.05, 0.1) is 18.6 Å². The van der Waals surface area contributed by atoms with E-state index in [1.165, 1.54) is 6.92 Å². The van der Waals surface area contributed by atoms with E-state index in [4.69, 9.17) is 29.4 Å². The van der Waals surface area contributed by atoms with Gasteiger partial charge in [0.1, 0.15) is 18.3 Å². The largest absolute Gasteiger partial charge is 0.508 e. The average Bonchev–Trinajstić information content (AvgIpc) is 2.92. The molecule has 0 bridgehead atoms. The van der Waals surface area contributed by atoms with E-state index in [9.17, 15) is 29.4 Å². The molecule has 2 heterocycles. The summed E-state index contributed by atoms with van der Waals surface area (Å²) in [4.78, 5) is 48.2. The molecule has 0 saturated carbocycles. The van der Waals surface area contributed by atoms with Gasteiger partial charge in [-0.05, 0) is 57.1 Å². The van der Waals surface area contributed by atoms with Gasteiger partial charge in [-0.1, -0.05) is 52.0 Å². The number of rotatable bonds is 9. The Bertz CT molecular complexity index is 1100. The number of nitrogens with two attached hydrogens (primary N) is 1. The lowest BCUT2D eigenvalue weighted by atomic mass is 9.87. The number of hydrogen-bond donors (Lipinski definition) is 3. The average molecular weight is 624 g/mol. The molecule has 4 N–H and O–H groups in total. The number of allylic oxidation sites excluding steroid dienone is 3. The van der Waals surface area contributed by atoms with Crippen molar-refractivity contribution in [3.63, 3.8) is 0 Å². The molecule has 0 aliphatic carbocycles. The zero-order valence-corrected chi connectivity index (χ0v) is 26.8. The summed E-state index contributed by atoms with van der Waals surface area (Å²) in [5, 5.41) is 21.4. The fourth-order valence-electron chi connectivity index (χ4n) is 5.62. The van der Waals surface area contributed by atoms with Crippen LogP contribution >= 0.6 is 0 Å². The Morgan fingerprint density at radius 3 is 2.48 bits per heavy atom. The van der Waals surface area contributed by atoms with Gasteiger partial charge in [0, 0.05) is 18.8 Å². The van der Waals surface area contributed by atoms with Crippen LogP contribution in [0.5, 0.6) is 0 Å². The maximum Gasteiger partial charge on any atom is 0.508 e. The minimum absolute atomic E-state index is 0.0525. The molecule has 0 radical (unpaired) electrons. The van der Waals surface area contributed by atoms with E-state index in [-0.39, 0.29) is 37.2 Å². The highest BCUT2D eigenvalue weighted by atomic mass is 16.7. The molecule has 12 nitrogen and oxygen atoms in total. The van der Waals surface area contributed by atoms with Gasteiger partial charge in [0.2, 0.25) is 0 Å². The van der Waals surface area contributed by atoms with Crippen molar-refractivity contribution in [1.29, 1.82) is 0 Å². The highest BCUT2D eigenvalue weighted by Crippen LogP contribution is 2.31. The number of aliphatic hydroxyl groups excluding tert-OH is 2. The van der Waals surface area contributed by atoms with Gasteiger partial charge in [-0.2, -0.15) is 0 Å². The van der Waals surface area contributed by atoms with Crippen molar-refractivity contribution >= 4 is 24.2 Å². The van der Waals surface area contributed by atoms with E-state index in [0.29, 0.717) is 18.4 Å². The van der Waals surface area contributed by atoms with Crippen molar-refractivity contribution in [2.24, 2.45) is 23.5 Å². The molecule has 1 amide bonds. The molecular formula is C32H49NO11. The fraction of sp³-hybridized carbons (Fsp3) is 0.688. The predicted molar refractivity (Wildman–Crippen MR) is 160 cm³/mol. The molecule has 0 aromatic carbocycles. The first-order valence-corrected chi connectivity index (χ1v) is 15.2. The van der Waals surface area contributed by atoms with Crippen LogP contribution in [-0.4, -0.2) is 76.6 Å². The third kappa shape index (κ3) is 11.0. The molecule has 2 rings (SSSR count). The molecule has 10 atom stereocenters. The molecule has 44 heavy (non-hydrogen) atoms. The molecule has 1 saturated heterocycles. The minimum Gasteiger partial charge on any atom is -0.457 e. The summed E-state index contributed by atoms with van der Waals surface area (Å²) in [5.41, 5.74) is 4.61. The maximum atomic E-state index is 12.8. The van der Waals surface area contributed by atoms with Gasteiger partial charge in [-0.15, -0.1) is 0 Å². The first-order valence-electron chi connectivity index (χ1n) is 15.2. The highest BCUT2D eigenvalue weighted by Gasteiger charge is 2.41. The van der Waals surface area contributed by atoms with Crippen LogP contribution in [0.3, 0.4) is 0 Å². The van der Waals surface area contributed by atoms with Crippen molar-refractivity contribution in [3.05, 3.63) is 36.0 Å². The summed E-state index contributed by atoms with van der Waals surface area (Å²) in [7, 11) is 0. The number of aliphatic hydroxyl groups is 2. The normalized spacial score (nSPS) is 34.3. The van der Waals surface area contributed by atoms with E-state index in [0.717, 1.165) is 0 Å². The van der Waals surface area contributed by atoms with Gasteiger partial charge < -0.3 is 39.6 Å². The minimum atomic E-state index is -1.39. The van der Waals surface area contributed by atoms with Crippen molar-refractivity contribution in [2.75, 3.05) is 0 Å². The standard InChI is InChI=1S/C32H49NO11/c1-8-25-21(5)29(43-31(39)41-25)24(36)16-18(2)10-9-11-19(3)28-20(4)12-13-26(40-22(6)34)32(7,44-30(33)38)15-14-23(35)17-27(37)42-28/h9-13,18,20-21,23-26,28-29,35-36H,8,14-17H2,1-7H3,(H2,33,38)/b10-9+,13-12+,19-11+. The van der Waals surface area contributed by atoms with Crippen LogP contribution in [0.4, 0.5) is 9.59 Å². The number of ether oxygens (including phenoxy) is 5. The number of cyclic esters (lactones) is 3. The lowest BCUT2D eigenvalue weighted by molar-refractivity contribution is -0.157. The van der Waals surface area contributed by atoms with Gasteiger partial charge in [0.25, 0.3) is 0 Å². The predicted octanol–water partition coefficient (Wildman–Crippen LogP) is 4.26. The Morgan fingerprint density at radius 2 is 1.86 bits per heavy atom. The fourth-order valence-corrected chi connectivity index (χ4v) is 5.62. The summed E-state index contributed by atoms with van der Waals surface area (Å²) in [6.07, 6.45) is 3.04. The second kappa shape index (κ2) is 16.6. The lowest BCUT2D eigenvalue weighted by Gasteiger charge is -2.37. The van der Waals surface area contributed by atoms with Gasteiger partial charge in [0.15, 0.2) is 11.7 Å². The Labute approximate surface area is 259 Å². The molecule has 0 aromatic heterocycles. The summed E-state index contributed by atoms with van der Waals surface area (Å²) >= 11 is 0. The van der Waals surface area contributed by atoms with Crippen molar-refractivity contribution in [1.82, 2.24) is 0 Å². The third-order valence-electron chi connectivity index (χ3n) is 8.16. The van der Waals surface area contributed by atoms with E-state index >= 15 is 0 Å². The summed E-state index contributed by atoms with van der Waals surface area (Å²) in [5.74, 6) is -1.85. The molecule has 12 heteroatoms. The topological polar surface area (TPSA) is 181 Å². The van der Waals surface area contributed by atoms with Gasteiger partial charge in [-0.3, -0.25) is 9.59 Å². The van der Waals surface area contributed by atoms with Crippen molar-refractivity contribution in [3.8, 4) is 0 Å². The van der Waals surface area contributed by atoms with Gasteiger partial charge in [-0.25, -0.2) is 9.59 Å². The molecular weight excluding hydrogens is 574 g/mol. The van der Waals surface area contributed by atoms with Crippen LogP contribution in [-0.2, 0) is 33.3 Å². The zero-order chi connectivity index (χ0) is 33.2. The highest BCUT2D eigenvalue weighted by molar-refractivity contribution is 5.70. The van der Waals surface area contributed by atoms with Crippen LogP contribution in [0.25, 0.3) is 0 Å². The number of carbonyl (C=O) groups is 4. The molecule has 0 spiro atoms. The van der Waals surface area contributed by atoms with Crippen LogP contribution in [0.2, 0.25) is 0 Å². The monoisotopic (exact) mass is 623 g/mol. The molecule has 2 aliphatic rings. The summed E-state index contributed by atoms with van der Waals surface area (Å²) in [6, 6.07) is 0. The quantitative estimate of drug-likeness (QED) is 0.144. The summed E-state index contributed by atoms with van der Waals surface area (Å²) < 4.78 is 27.1. The molecule has 248 valence electrons. The second-order valence-corrected chi connectivity index (χ2v) is 12.1. The Hall–Kier alpha value is -3.38. The number of primary amides is 1. The van der Waals surface area contributed by atoms with E-state index in [1.807, 2.05) is 33.8 Å². The first-order chi connectivity index (χ1) is 20.6. The van der Waals surface area contributed by atoms with Crippen LogP contribution < -0.4 is 5.73 Å². The number of carbonyl (C=O) groups excluding carboxylic acids is 4. The number of esters is 2. The first kappa shape index (κ1) is 36.8. The molecule has 10 unspecified atom stereocenters. The van der Waals surface area contributed by atoms with E-state index in [1.54, 1.807) is 38.2 Å². The lowest BCUT2D eigenvalue weighted by Crippen LogP contribution is -2.48. The number of hydrogen-bond acceptors (Lipinski definition) is 11. The number of amides is 1. The van der Waals surface area contributed by atoms with Gasteiger partial charge >= 0.3 is 24.2 Å². The molecule has 1 fully saturated rings. The third-order valence-corrected chi connectivity index (χ3v) is 8.16. The molecule has 0 aromatic rings. The van der Waals surface area contributed by atoms with Crippen LogP contribution in [0.15, 0.2) is 36.0 Å². The van der Waals surface area contributed by atoms with Crippen molar-refractivity contribution < 1.29 is 53.1 Å². The Kier molecular flexibility index (Phi) is 13.9. The second-order valence-electron chi connectivity index (χ2n) is 12.1. The van der Waals surface area contributed by atoms with E-state index in [2.05, 4.69) is 0 Å². The van der Waals surface area contributed by atoms with Crippen LogP contribution in [0, 0.1) is 17.8 Å². The SMILES string of the molecule is CCC1OC(=O)OC(C(O)CC(C)/C=C/C=C(\C)C2OC(=O)CC(O)CCC(C)(OC(N)=O)C(OC(C)=O)/C=C/C2C)C1C. The Balaban J connectivity index is 2.24. The maximum absolute atomic E-state index is 12.8. The smallest absolute Gasteiger partial charge is 0.457 e. The summed E-state index contributed by atoms with van der Waals surface area (Å²) in [6.45, 7) is 12.1.